The maximum Gasteiger partial charge on any atom is 0.165 e. The summed E-state index contributed by atoms with van der Waals surface area (Å²) in [5.74, 6) is 1.63. The van der Waals surface area contributed by atoms with Crippen LogP contribution in [0, 0.1) is 6.92 Å². The number of rotatable bonds is 6. The van der Waals surface area contributed by atoms with Crippen LogP contribution in [0.5, 0.6) is 11.5 Å². The fourth-order valence-corrected chi connectivity index (χ4v) is 3.71. The summed E-state index contributed by atoms with van der Waals surface area (Å²) in [5, 5.41) is 4.48. The molecule has 0 amide bonds. The van der Waals surface area contributed by atoms with E-state index in [2.05, 4.69) is 29.3 Å². The topological polar surface area (TPSA) is 33.7 Å². The number of hydrogen-bond donors (Lipinski definition) is 1. The molecule has 140 valence electrons. The molecule has 1 N–H and O–H groups in total. The molecular weight excluding hydrogens is 348 g/mol. The lowest BCUT2D eigenvalue weighted by Gasteiger charge is -2.33. The first-order valence-corrected chi connectivity index (χ1v) is 9.44. The van der Waals surface area contributed by atoms with Crippen molar-refractivity contribution >= 4 is 17.3 Å². The van der Waals surface area contributed by atoms with Crippen molar-refractivity contribution in [2.24, 2.45) is 0 Å². The molecule has 3 rings (SSSR count). The SMILES string of the molecule is COc1cccc(CN2CCC(Nc3cccc(Cl)c3C)CC2)c1OC. The Labute approximate surface area is 161 Å². The quantitative estimate of drug-likeness (QED) is 0.791. The molecule has 0 aromatic heterocycles. The summed E-state index contributed by atoms with van der Waals surface area (Å²) in [7, 11) is 3.38. The Morgan fingerprint density at radius 1 is 1.08 bits per heavy atom. The number of halogens is 1. The lowest BCUT2D eigenvalue weighted by atomic mass is 10.0. The number of para-hydroxylation sites is 1. The Hall–Kier alpha value is -1.91. The van der Waals surface area contributed by atoms with Gasteiger partial charge in [-0.05, 0) is 43.5 Å². The number of piperidine rings is 1. The summed E-state index contributed by atoms with van der Waals surface area (Å²) in [5.41, 5.74) is 3.44. The lowest BCUT2D eigenvalue weighted by molar-refractivity contribution is 0.208. The van der Waals surface area contributed by atoms with Gasteiger partial charge in [0.25, 0.3) is 0 Å². The highest BCUT2D eigenvalue weighted by atomic mass is 35.5. The van der Waals surface area contributed by atoms with Crippen molar-refractivity contribution in [3.8, 4) is 11.5 Å². The lowest BCUT2D eigenvalue weighted by Crippen LogP contribution is -2.38. The summed E-state index contributed by atoms with van der Waals surface area (Å²) in [6, 6.07) is 12.6. The zero-order chi connectivity index (χ0) is 18.5. The number of nitrogens with zero attached hydrogens (tertiary/aromatic N) is 1. The van der Waals surface area contributed by atoms with E-state index in [-0.39, 0.29) is 0 Å². The summed E-state index contributed by atoms with van der Waals surface area (Å²) in [4.78, 5) is 2.47. The van der Waals surface area contributed by atoms with Crippen molar-refractivity contribution in [2.45, 2.75) is 32.4 Å². The van der Waals surface area contributed by atoms with Gasteiger partial charge in [-0.2, -0.15) is 0 Å². The predicted octanol–water partition coefficient (Wildman–Crippen LogP) is 4.74. The zero-order valence-electron chi connectivity index (χ0n) is 15.7. The van der Waals surface area contributed by atoms with Crippen LogP contribution in [0.1, 0.15) is 24.0 Å². The summed E-state index contributed by atoms with van der Waals surface area (Å²) in [6.45, 7) is 5.05. The van der Waals surface area contributed by atoms with E-state index in [0.717, 1.165) is 60.2 Å². The molecule has 1 saturated heterocycles. The Morgan fingerprint density at radius 3 is 2.50 bits per heavy atom. The van der Waals surface area contributed by atoms with E-state index >= 15 is 0 Å². The molecule has 5 heteroatoms. The van der Waals surface area contributed by atoms with Crippen molar-refractivity contribution in [1.29, 1.82) is 0 Å². The Bertz CT molecular complexity index is 743. The van der Waals surface area contributed by atoms with Gasteiger partial charge >= 0.3 is 0 Å². The second-order valence-corrected chi connectivity index (χ2v) is 7.17. The minimum absolute atomic E-state index is 0.482. The van der Waals surface area contributed by atoms with E-state index in [9.17, 15) is 0 Å². The third-order valence-electron chi connectivity index (χ3n) is 5.09. The maximum atomic E-state index is 6.23. The van der Waals surface area contributed by atoms with Crippen LogP contribution < -0.4 is 14.8 Å². The summed E-state index contributed by atoms with van der Waals surface area (Å²) in [6.07, 6.45) is 2.22. The minimum atomic E-state index is 0.482. The van der Waals surface area contributed by atoms with E-state index in [1.54, 1.807) is 14.2 Å². The van der Waals surface area contributed by atoms with Gasteiger partial charge in [-0.25, -0.2) is 0 Å². The van der Waals surface area contributed by atoms with Crippen molar-refractivity contribution in [2.75, 3.05) is 32.6 Å². The largest absolute Gasteiger partial charge is 0.493 e. The van der Waals surface area contributed by atoms with Crippen LogP contribution in [0.2, 0.25) is 5.02 Å². The molecule has 1 fully saturated rings. The summed E-state index contributed by atoms with van der Waals surface area (Å²) >= 11 is 6.23. The molecule has 1 aliphatic rings. The van der Waals surface area contributed by atoms with Crippen LogP contribution in [0.15, 0.2) is 36.4 Å². The molecule has 4 nitrogen and oxygen atoms in total. The Kier molecular flexibility index (Phi) is 6.28. The summed E-state index contributed by atoms with van der Waals surface area (Å²) < 4.78 is 11.0. The Morgan fingerprint density at radius 2 is 1.81 bits per heavy atom. The van der Waals surface area contributed by atoms with Gasteiger partial charge in [0.1, 0.15) is 0 Å². The molecule has 0 unspecified atom stereocenters. The van der Waals surface area contributed by atoms with Gasteiger partial charge in [-0.15, -0.1) is 0 Å². The zero-order valence-corrected chi connectivity index (χ0v) is 16.5. The monoisotopic (exact) mass is 374 g/mol. The van der Waals surface area contributed by atoms with Gasteiger partial charge in [0.15, 0.2) is 11.5 Å². The fourth-order valence-electron chi connectivity index (χ4n) is 3.54. The van der Waals surface area contributed by atoms with Crippen molar-refractivity contribution in [3.63, 3.8) is 0 Å². The molecule has 1 aliphatic heterocycles. The second-order valence-electron chi connectivity index (χ2n) is 6.76. The average Bonchev–Trinajstić information content (AvgIpc) is 2.66. The highest BCUT2D eigenvalue weighted by molar-refractivity contribution is 6.31. The smallest absolute Gasteiger partial charge is 0.165 e. The Balaban J connectivity index is 1.58. The molecule has 0 spiro atoms. The van der Waals surface area contributed by atoms with Crippen molar-refractivity contribution in [3.05, 3.63) is 52.5 Å². The van der Waals surface area contributed by atoms with Crippen LogP contribution in [0.25, 0.3) is 0 Å². The van der Waals surface area contributed by atoms with E-state index in [0.29, 0.717) is 6.04 Å². The number of hydrogen-bond acceptors (Lipinski definition) is 4. The van der Waals surface area contributed by atoms with Gasteiger partial charge < -0.3 is 14.8 Å². The van der Waals surface area contributed by atoms with Gasteiger partial charge in [0.2, 0.25) is 0 Å². The highest BCUT2D eigenvalue weighted by Crippen LogP contribution is 2.32. The number of benzene rings is 2. The predicted molar refractivity (Wildman–Crippen MR) is 108 cm³/mol. The maximum absolute atomic E-state index is 6.23. The third kappa shape index (κ3) is 4.25. The first-order valence-electron chi connectivity index (χ1n) is 9.06. The van der Waals surface area contributed by atoms with Gasteiger partial charge in [0.05, 0.1) is 14.2 Å². The number of methoxy groups -OCH3 is 2. The van der Waals surface area contributed by atoms with E-state index in [1.165, 1.54) is 5.56 Å². The third-order valence-corrected chi connectivity index (χ3v) is 5.50. The van der Waals surface area contributed by atoms with E-state index in [4.69, 9.17) is 21.1 Å². The fraction of sp³-hybridized carbons (Fsp3) is 0.429. The minimum Gasteiger partial charge on any atom is -0.493 e. The van der Waals surface area contributed by atoms with E-state index in [1.807, 2.05) is 24.3 Å². The second kappa shape index (κ2) is 8.65. The van der Waals surface area contributed by atoms with Crippen LogP contribution in [0.4, 0.5) is 5.69 Å². The van der Waals surface area contributed by atoms with Crippen molar-refractivity contribution < 1.29 is 9.47 Å². The molecule has 0 bridgehead atoms. The van der Waals surface area contributed by atoms with E-state index < -0.39 is 0 Å². The first-order chi connectivity index (χ1) is 12.6. The average molecular weight is 375 g/mol. The van der Waals surface area contributed by atoms with Crippen molar-refractivity contribution in [1.82, 2.24) is 4.90 Å². The highest BCUT2D eigenvalue weighted by Gasteiger charge is 2.21. The number of nitrogens with one attached hydrogen (secondary N) is 1. The molecule has 2 aromatic carbocycles. The van der Waals surface area contributed by atoms with Gasteiger partial charge in [0, 0.05) is 41.9 Å². The number of anilines is 1. The van der Waals surface area contributed by atoms with Crippen LogP contribution in [-0.2, 0) is 6.54 Å². The normalized spacial score (nSPS) is 15.7. The van der Waals surface area contributed by atoms with Gasteiger partial charge in [-0.3, -0.25) is 4.90 Å². The van der Waals surface area contributed by atoms with Crippen LogP contribution >= 0.6 is 11.6 Å². The molecule has 1 heterocycles. The molecule has 0 atom stereocenters. The number of ether oxygens (including phenoxy) is 2. The number of likely N-dealkylation sites (tertiary alicyclic amines) is 1. The molecule has 0 radical (unpaired) electrons. The molecule has 0 saturated carbocycles. The van der Waals surface area contributed by atoms with Gasteiger partial charge in [-0.1, -0.05) is 29.8 Å². The van der Waals surface area contributed by atoms with Crippen LogP contribution in [0.3, 0.4) is 0 Å². The molecule has 2 aromatic rings. The first kappa shape index (κ1) is 18.9. The molecule has 0 aliphatic carbocycles. The molecule has 26 heavy (non-hydrogen) atoms. The molecular formula is C21H27ClN2O2. The standard InChI is InChI=1S/C21H27ClN2O2/c1-15-18(22)7-5-8-19(15)23-17-10-12-24(13-11-17)14-16-6-4-9-20(25-2)21(16)26-3/h4-9,17,23H,10-14H2,1-3H3. The van der Waals surface area contributed by atoms with Crippen LogP contribution in [-0.4, -0.2) is 38.3 Å².